The molecule has 0 atom stereocenters. The molecule has 0 bridgehead atoms. The highest BCUT2D eigenvalue weighted by molar-refractivity contribution is 5.83. The van der Waals surface area contributed by atoms with E-state index in [0.29, 0.717) is 18.3 Å². The van der Waals surface area contributed by atoms with Crippen LogP contribution in [-0.4, -0.2) is 17.3 Å². The number of nitrogens with zero attached hydrogens (tertiary/aromatic N) is 1. The third-order valence-corrected chi connectivity index (χ3v) is 6.40. The lowest BCUT2D eigenvalue weighted by Gasteiger charge is -2.28. The average Bonchev–Trinajstić information content (AvgIpc) is 2.85. The summed E-state index contributed by atoms with van der Waals surface area (Å²) in [5.74, 6) is 0.236. The van der Waals surface area contributed by atoms with E-state index >= 15 is 0 Å². The summed E-state index contributed by atoms with van der Waals surface area (Å²) in [6.45, 7) is 6.07. The Kier molecular flexibility index (Phi) is 9.00. The standard InChI is InChI=1S/C28H29NO2.C2H6/c1-20-4-2-3-5-27(20)29-19-22-8-12-24(13-9-22)26-16-14-25(15-17-26)23-10-6-21(7-11-23)18-28(30)31;1-2/h2-5,8-9,12-17,19,21,23H,6-7,10-11,18H2,1H3,(H,30,31);1-2H3. The van der Waals surface area contributed by atoms with E-state index in [-0.39, 0.29) is 0 Å². The zero-order valence-corrected chi connectivity index (χ0v) is 20.0. The molecule has 1 N–H and O–H groups in total. The van der Waals surface area contributed by atoms with Gasteiger partial charge in [-0.25, -0.2) is 0 Å². The lowest BCUT2D eigenvalue weighted by atomic mass is 9.77. The maximum Gasteiger partial charge on any atom is 0.303 e. The van der Waals surface area contributed by atoms with Crippen LogP contribution in [0.3, 0.4) is 0 Å². The van der Waals surface area contributed by atoms with Crippen LogP contribution in [0.4, 0.5) is 5.69 Å². The van der Waals surface area contributed by atoms with Gasteiger partial charge in [0, 0.05) is 12.6 Å². The van der Waals surface area contributed by atoms with Gasteiger partial charge >= 0.3 is 5.97 Å². The van der Waals surface area contributed by atoms with E-state index in [9.17, 15) is 4.79 Å². The van der Waals surface area contributed by atoms with Crippen molar-refractivity contribution in [2.24, 2.45) is 10.9 Å². The van der Waals surface area contributed by atoms with E-state index in [4.69, 9.17) is 5.11 Å². The molecule has 0 unspecified atom stereocenters. The van der Waals surface area contributed by atoms with Gasteiger partial charge in [-0.3, -0.25) is 9.79 Å². The van der Waals surface area contributed by atoms with Gasteiger partial charge in [-0.2, -0.15) is 0 Å². The number of carboxylic acids is 1. The average molecular weight is 442 g/mol. The second kappa shape index (κ2) is 12.2. The molecule has 172 valence electrons. The van der Waals surface area contributed by atoms with Gasteiger partial charge in [-0.15, -0.1) is 0 Å². The summed E-state index contributed by atoms with van der Waals surface area (Å²) in [5, 5.41) is 8.99. The Balaban J connectivity index is 0.00000149. The molecule has 0 amide bonds. The Bertz CT molecular complexity index is 1040. The van der Waals surface area contributed by atoms with Crippen LogP contribution in [0.5, 0.6) is 0 Å². The van der Waals surface area contributed by atoms with E-state index in [1.165, 1.54) is 22.3 Å². The number of benzene rings is 3. The molecule has 3 heteroatoms. The summed E-state index contributed by atoms with van der Waals surface area (Å²) in [7, 11) is 0. The Morgan fingerprint density at radius 3 is 2.03 bits per heavy atom. The smallest absolute Gasteiger partial charge is 0.303 e. The first-order valence-electron chi connectivity index (χ1n) is 12.1. The van der Waals surface area contributed by atoms with Crippen molar-refractivity contribution in [3.8, 4) is 11.1 Å². The van der Waals surface area contributed by atoms with Crippen LogP contribution in [0.25, 0.3) is 11.1 Å². The van der Waals surface area contributed by atoms with Crippen LogP contribution in [0, 0.1) is 12.8 Å². The summed E-state index contributed by atoms with van der Waals surface area (Å²) in [4.78, 5) is 15.5. The molecule has 0 radical (unpaired) electrons. The van der Waals surface area contributed by atoms with Crippen molar-refractivity contribution < 1.29 is 9.90 Å². The number of hydrogen-bond donors (Lipinski definition) is 1. The Morgan fingerprint density at radius 1 is 0.879 bits per heavy atom. The topological polar surface area (TPSA) is 49.7 Å². The molecule has 3 aromatic rings. The summed E-state index contributed by atoms with van der Waals surface area (Å²) >= 11 is 0. The minimum Gasteiger partial charge on any atom is -0.481 e. The summed E-state index contributed by atoms with van der Waals surface area (Å²) in [6, 6.07) is 25.5. The minimum absolute atomic E-state index is 0.317. The summed E-state index contributed by atoms with van der Waals surface area (Å²) < 4.78 is 0. The Hall–Kier alpha value is -3.20. The van der Waals surface area contributed by atoms with Crippen LogP contribution >= 0.6 is 0 Å². The van der Waals surface area contributed by atoms with Crippen molar-refractivity contribution in [1.29, 1.82) is 0 Å². The lowest BCUT2D eigenvalue weighted by Crippen LogP contribution is -2.16. The number of rotatable bonds is 6. The normalized spacial score (nSPS) is 17.9. The van der Waals surface area contributed by atoms with Crippen LogP contribution in [-0.2, 0) is 4.79 Å². The van der Waals surface area contributed by atoms with E-state index < -0.39 is 5.97 Å². The monoisotopic (exact) mass is 441 g/mol. The number of carboxylic acid groups (broad SMARTS) is 1. The molecule has 0 saturated heterocycles. The van der Waals surface area contributed by atoms with Crippen molar-refractivity contribution in [3.63, 3.8) is 0 Å². The molecule has 0 heterocycles. The van der Waals surface area contributed by atoms with E-state index in [1.54, 1.807) is 0 Å². The van der Waals surface area contributed by atoms with Crippen molar-refractivity contribution in [1.82, 2.24) is 0 Å². The van der Waals surface area contributed by atoms with Gasteiger partial charge in [-0.1, -0.05) is 80.6 Å². The van der Waals surface area contributed by atoms with Gasteiger partial charge in [0.05, 0.1) is 5.69 Å². The largest absolute Gasteiger partial charge is 0.481 e. The fraction of sp³-hybridized carbons (Fsp3) is 0.333. The number of para-hydroxylation sites is 1. The van der Waals surface area contributed by atoms with Gasteiger partial charge in [0.25, 0.3) is 0 Å². The Labute approximate surface area is 198 Å². The fourth-order valence-electron chi connectivity index (χ4n) is 4.51. The molecule has 0 aromatic heterocycles. The van der Waals surface area contributed by atoms with E-state index in [0.717, 1.165) is 36.9 Å². The highest BCUT2D eigenvalue weighted by atomic mass is 16.4. The van der Waals surface area contributed by atoms with Crippen LogP contribution in [0.1, 0.15) is 68.6 Å². The third kappa shape index (κ3) is 6.89. The van der Waals surface area contributed by atoms with Crippen LogP contribution < -0.4 is 0 Å². The highest BCUT2D eigenvalue weighted by Crippen LogP contribution is 2.37. The van der Waals surface area contributed by atoms with Crippen molar-refractivity contribution >= 4 is 17.9 Å². The number of aliphatic imine (C=N–C) groups is 1. The molecule has 1 saturated carbocycles. The van der Waals surface area contributed by atoms with Crippen molar-refractivity contribution in [3.05, 3.63) is 89.5 Å². The molecule has 3 nitrogen and oxygen atoms in total. The molecule has 1 fully saturated rings. The van der Waals surface area contributed by atoms with E-state index in [2.05, 4.69) is 66.5 Å². The van der Waals surface area contributed by atoms with Crippen LogP contribution in [0.15, 0.2) is 77.8 Å². The first-order valence-corrected chi connectivity index (χ1v) is 12.1. The molecule has 1 aliphatic carbocycles. The Morgan fingerprint density at radius 2 is 1.45 bits per heavy atom. The van der Waals surface area contributed by atoms with Crippen molar-refractivity contribution in [2.75, 3.05) is 0 Å². The highest BCUT2D eigenvalue weighted by Gasteiger charge is 2.23. The lowest BCUT2D eigenvalue weighted by molar-refractivity contribution is -0.138. The molecule has 0 spiro atoms. The maximum atomic E-state index is 10.9. The second-order valence-electron chi connectivity index (χ2n) is 8.60. The number of hydrogen-bond acceptors (Lipinski definition) is 2. The molecule has 4 rings (SSSR count). The number of aliphatic carboxylic acids is 1. The van der Waals surface area contributed by atoms with Gasteiger partial charge in [0.15, 0.2) is 0 Å². The molecule has 33 heavy (non-hydrogen) atoms. The first kappa shape index (κ1) is 24.4. The van der Waals surface area contributed by atoms with Gasteiger partial charge in [0.1, 0.15) is 0 Å². The number of carbonyl (C=O) groups is 1. The molecular formula is C30H35NO2. The summed E-state index contributed by atoms with van der Waals surface area (Å²) in [6.07, 6.45) is 6.44. The van der Waals surface area contributed by atoms with E-state index in [1.807, 2.05) is 38.3 Å². The molecule has 0 aliphatic heterocycles. The minimum atomic E-state index is -0.666. The first-order chi connectivity index (χ1) is 16.1. The van der Waals surface area contributed by atoms with Gasteiger partial charge in [0.2, 0.25) is 0 Å². The molecule has 1 aliphatic rings. The quantitative estimate of drug-likeness (QED) is 0.392. The van der Waals surface area contributed by atoms with Crippen LogP contribution in [0.2, 0.25) is 0 Å². The maximum absolute atomic E-state index is 10.9. The van der Waals surface area contributed by atoms with Gasteiger partial charge in [-0.05, 0) is 78.3 Å². The zero-order chi connectivity index (χ0) is 23.6. The summed E-state index contributed by atoms with van der Waals surface area (Å²) in [5.41, 5.74) is 7.04. The molecule has 3 aromatic carbocycles. The predicted molar refractivity (Wildman–Crippen MR) is 139 cm³/mol. The predicted octanol–water partition coefficient (Wildman–Crippen LogP) is 8.19. The third-order valence-electron chi connectivity index (χ3n) is 6.40. The second-order valence-corrected chi connectivity index (χ2v) is 8.60. The van der Waals surface area contributed by atoms with Gasteiger partial charge < -0.3 is 5.11 Å². The zero-order valence-electron chi connectivity index (χ0n) is 20.0. The SMILES string of the molecule is CC.Cc1ccccc1N=Cc1ccc(-c2ccc(C3CCC(CC(=O)O)CC3)cc2)cc1. The van der Waals surface area contributed by atoms with Crippen molar-refractivity contribution in [2.45, 2.75) is 58.8 Å². The fourth-order valence-corrected chi connectivity index (χ4v) is 4.51. The molecular weight excluding hydrogens is 406 g/mol. The number of aryl methyl sites for hydroxylation is 1.